The summed E-state index contributed by atoms with van der Waals surface area (Å²) in [6.45, 7) is 1.37. The van der Waals surface area contributed by atoms with Crippen molar-refractivity contribution in [2.75, 3.05) is 20.3 Å². The molecule has 0 unspecified atom stereocenters. The van der Waals surface area contributed by atoms with Gasteiger partial charge in [0.1, 0.15) is 5.60 Å². The van der Waals surface area contributed by atoms with Crippen LogP contribution in [-0.2, 0) is 21.3 Å². The Balaban J connectivity index is 1.44. The van der Waals surface area contributed by atoms with E-state index in [-0.39, 0.29) is 16.9 Å². The maximum Gasteiger partial charge on any atom is 0.416 e. The predicted octanol–water partition coefficient (Wildman–Crippen LogP) is 6.80. The van der Waals surface area contributed by atoms with E-state index in [0.717, 1.165) is 34.1 Å². The lowest BCUT2D eigenvalue weighted by Crippen LogP contribution is -2.34. The zero-order valence-electron chi connectivity index (χ0n) is 17.3. The quantitative estimate of drug-likeness (QED) is 0.365. The third kappa shape index (κ3) is 4.93. The molecule has 2 aromatic carbocycles. The van der Waals surface area contributed by atoms with Gasteiger partial charge >= 0.3 is 6.18 Å². The van der Waals surface area contributed by atoms with E-state index in [1.165, 1.54) is 17.0 Å². The third-order valence-corrected chi connectivity index (χ3v) is 7.94. The number of ketones is 1. The number of hydrogen-bond donors (Lipinski definition) is 0. The topological polar surface area (TPSA) is 35.5 Å². The number of benzene rings is 2. The minimum Gasteiger partial charge on any atom is -0.381 e. The van der Waals surface area contributed by atoms with E-state index in [0.29, 0.717) is 18.8 Å². The van der Waals surface area contributed by atoms with E-state index in [9.17, 15) is 18.0 Å². The minimum absolute atomic E-state index is 0.225. The number of methoxy groups -OCH3 is 1. The van der Waals surface area contributed by atoms with Gasteiger partial charge in [0.25, 0.3) is 0 Å². The second-order valence-electron chi connectivity index (χ2n) is 7.46. The van der Waals surface area contributed by atoms with Crippen molar-refractivity contribution in [2.24, 2.45) is 0 Å². The fourth-order valence-electron chi connectivity index (χ4n) is 3.64. The Morgan fingerprint density at radius 3 is 2.12 bits per heavy atom. The lowest BCUT2D eigenvalue weighted by atomic mass is 9.92. The van der Waals surface area contributed by atoms with E-state index in [4.69, 9.17) is 9.47 Å². The first-order chi connectivity index (χ1) is 15.3. The van der Waals surface area contributed by atoms with Crippen LogP contribution in [0.25, 0.3) is 0 Å². The fraction of sp³-hybridized carbons (Fsp3) is 0.292. The van der Waals surface area contributed by atoms with Gasteiger partial charge in [-0.05, 0) is 48.5 Å². The Hall–Kier alpha value is -2.13. The molecule has 0 spiro atoms. The summed E-state index contributed by atoms with van der Waals surface area (Å²) >= 11 is 3.29. The van der Waals surface area contributed by atoms with Crippen molar-refractivity contribution in [3.63, 3.8) is 0 Å². The largest absolute Gasteiger partial charge is 0.416 e. The Morgan fingerprint density at radius 2 is 1.56 bits per heavy atom. The molecule has 1 aliphatic rings. The molecule has 1 saturated heterocycles. The van der Waals surface area contributed by atoms with Gasteiger partial charge in [0, 0.05) is 54.1 Å². The molecular weight excluding hydrogens is 457 g/mol. The predicted molar refractivity (Wildman–Crippen MR) is 119 cm³/mol. The number of carbonyl (C=O) groups is 1. The maximum atomic E-state index is 12.7. The van der Waals surface area contributed by atoms with Crippen LogP contribution in [-0.4, -0.2) is 26.1 Å². The molecule has 1 aliphatic heterocycles. The molecule has 8 heteroatoms. The molecule has 0 amide bonds. The van der Waals surface area contributed by atoms with Gasteiger partial charge < -0.3 is 9.47 Å². The molecule has 0 atom stereocenters. The van der Waals surface area contributed by atoms with E-state index in [2.05, 4.69) is 12.1 Å². The number of halogens is 3. The van der Waals surface area contributed by atoms with Crippen LogP contribution in [0.4, 0.5) is 13.2 Å². The van der Waals surface area contributed by atoms with Gasteiger partial charge in [0.2, 0.25) is 0 Å². The molecule has 3 nitrogen and oxygen atoms in total. The summed E-state index contributed by atoms with van der Waals surface area (Å²) in [6, 6.07) is 15.5. The van der Waals surface area contributed by atoms with Crippen LogP contribution >= 0.6 is 23.1 Å². The average molecular weight is 479 g/mol. The summed E-state index contributed by atoms with van der Waals surface area (Å²) in [7, 11) is 1.74. The van der Waals surface area contributed by atoms with Gasteiger partial charge in [-0.2, -0.15) is 13.2 Å². The van der Waals surface area contributed by atoms with Crippen LogP contribution < -0.4 is 0 Å². The average Bonchev–Trinajstić information content (AvgIpc) is 3.28. The molecular formula is C24H21F3O3S2. The molecule has 0 radical (unpaired) electrons. The van der Waals surface area contributed by atoms with Crippen LogP contribution in [0.3, 0.4) is 0 Å². The van der Waals surface area contributed by atoms with Gasteiger partial charge in [-0.1, -0.05) is 23.9 Å². The van der Waals surface area contributed by atoms with E-state index in [1.807, 2.05) is 12.1 Å². The summed E-state index contributed by atoms with van der Waals surface area (Å²) in [6.07, 6.45) is -2.76. The number of ether oxygens (including phenoxy) is 2. The highest BCUT2D eigenvalue weighted by atomic mass is 32.2. The monoisotopic (exact) mass is 478 g/mol. The van der Waals surface area contributed by atoms with Crippen LogP contribution in [0.1, 0.15) is 39.2 Å². The molecule has 4 rings (SSSR count). The molecule has 1 fully saturated rings. The molecule has 0 bridgehead atoms. The van der Waals surface area contributed by atoms with Crippen LogP contribution in [0, 0.1) is 0 Å². The number of carbonyl (C=O) groups excluding carboxylic acids is 1. The lowest BCUT2D eigenvalue weighted by Gasteiger charge is -2.35. The number of rotatable bonds is 6. The second-order valence-corrected chi connectivity index (χ2v) is 9.92. The fourth-order valence-corrected chi connectivity index (χ4v) is 5.97. The van der Waals surface area contributed by atoms with Crippen molar-refractivity contribution in [3.8, 4) is 0 Å². The molecule has 2 heterocycles. The van der Waals surface area contributed by atoms with E-state index < -0.39 is 11.7 Å². The van der Waals surface area contributed by atoms with Crippen molar-refractivity contribution in [1.29, 1.82) is 0 Å². The summed E-state index contributed by atoms with van der Waals surface area (Å²) in [5.74, 6) is -0.310. The first kappa shape index (κ1) is 23.0. The number of thiophene rings is 1. The van der Waals surface area contributed by atoms with Gasteiger partial charge in [0.05, 0.1) is 9.77 Å². The van der Waals surface area contributed by atoms with Crippen molar-refractivity contribution in [2.45, 2.75) is 33.7 Å². The Kier molecular flexibility index (Phi) is 6.76. The first-order valence-electron chi connectivity index (χ1n) is 10.0. The van der Waals surface area contributed by atoms with Gasteiger partial charge in [-0.25, -0.2) is 0 Å². The smallest absolute Gasteiger partial charge is 0.381 e. The first-order valence-corrected chi connectivity index (χ1v) is 11.7. The van der Waals surface area contributed by atoms with E-state index in [1.54, 1.807) is 42.3 Å². The normalized spacial score (nSPS) is 16.1. The van der Waals surface area contributed by atoms with Crippen LogP contribution in [0.15, 0.2) is 69.8 Å². The standard InChI is InChI=1S/C24H21F3O3S2/c1-29-23(12-14-30-15-13-23)20-10-11-21(32-20)31-19-8-4-17(5-9-19)22(28)16-2-6-18(7-3-16)24(25,26)27/h2-11H,12-15H2,1H3. The Labute approximate surface area is 192 Å². The van der Waals surface area contributed by atoms with Gasteiger partial charge in [0.15, 0.2) is 5.78 Å². The lowest BCUT2D eigenvalue weighted by molar-refractivity contribution is -0.137. The minimum atomic E-state index is -4.42. The molecule has 1 aromatic heterocycles. The molecule has 3 aromatic rings. The Bertz CT molecular complexity index is 1070. The highest BCUT2D eigenvalue weighted by Gasteiger charge is 2.36. The molecule has 32 heavy (non-hydrogen) atoms. The summed E-state index contributed by atoms with van der Waals surface area (Å²) in [5, 5.41) is 0. The third-order valence-electron chi connectivity index (χ3n) is 5.53. The molecule has 168 valence electrons. The Morgan fingerprint density at radius 1 is 0.969 bits per heavy atom. The molecule has 0 N–H and O–H groups in total. The SMILES string of the molecule is COC1(c2ccc(Sc3ccc(C(=O)c4ccc(C(F)(F)F)cc4)cc3)s2)CCOCC1. The van der Waals surface area contributed by atoms with Gasteiger partial charge in [-0.15, -0.1) is 11.3 Å². The van der Waals surface area contributed by atoms with E-state index >= 15 is 0 Å². The van der Waals surface area contributed by atoms with Crippen LogP contribution in [0.5, 0.6) is 0 Å². The summed E-state index contributed by atoms with van der Waals surface area (Å²) < 4.78 is 50.6. The van der Waals surface area contributed by atoms with Crippen molar-refractivity contribution >= 4 is 28.9 Å². The van der Waals surface area contributed by atoms with Crippen molar-refractivity contribution in [1.82, 2.24) is 0 Å². The highest BCUT2D eigenvalue weighted by molar-refractivity contribution is 8.01. The molecule has 0 saturated carbocycles. The summed E-state index contributed by atoms with van der Waals surface area (Å²) in [5.41, 5.74) is -0.407. The molecule has 0 aliphatic carbocycles. The summed E-state index contributed by atoms with van der Waals surface area (Å²) in [4.78, 5) is 14.8. The maximum absolute atomic E-state index is 12.7. The van der Waals surface area contributed by atoms with Crippen molar-refractivity contribution < 1.29 is 27.4 Å². The zero-order valence-corrected chi connectivity index (χ0v) is 18.9. The number of alkyl halides is 3. The number of hydrogen-bond acceptors (Lipinski definition) is 5. The van der Waals surface area contributed by atoms with Crippen molar-refractivity contribution in [3.05, 3.63) is 82.2 Å². The second kappa shape index (κ2) is 9.39. The highest BCUT2D eigenvalue weighted by Crippen LogP contribution is 2.43. The van der Waals surface area contributed by atoms with Gasteiger partial charge in [-0.3, -0.25) is 4.79 Å². The zero-order chi connectivity index (χ0) is 22.8. The van der Waals surface area contributed by atoms with Crippen LogP contribution in [0.2, 0.25) is 0 Å².